The van der Waals surface area contributed by atoms with E-state index >= 15 is 0 Å². The number of hydrogen-bond donors (Lipinski definition) is 0. The number of methoxy groups -OCH3 is 2. The van der Waals surface area contributed by atoms with Crippen LogP contribution in [0.15, 0.2) is 48.5 Å². The summed E-state index contributed by atoms with van der Waals surface area (Å²) >= 11 is 0. The largest absolute Gasteiger partial charge is 0.497 e. The minimum atomic E-state index is -0.514. The van der Waals surface area contributed by atoms with Crippen LogP contribution in [0.5, 0.6) is 17.2 Å². The Hall–Kier alpha value is -3.02. The minimum absolute atomic E-state index is 0.104. The summed E-state index contributed by atoms with van der Waals surface area (Å²) in [6.07, 6.45) is 0.125. The zero-order valence-electron chi connectivity index (χ0n) is 14.1. The molecule has 1 atom stereocenters. The van der Waals surface area contributed by atoms with Crippen LogP contribution in [0.3, 0.4) is 0 Å². The number of benzene rings is 2. The van der Waals surface area contributed by atoms with Crippen LogP contribution in [0.1, 0.15) is 6.42 Å². The molecule has 0 aromatic heterocycles. The number of ether oxygens (including phenoxy) is 3. The van der Waals surface area contributed by atoms with E-state index in [9.17, 15) is 9.59 Å². The van der Waals surface area contributed by atoms with E-state index in [1.807, 2.05) is 0 Å². The molecule has 0 spiro atoms. The minimum Gasteiger partial charge on any atom is -0.497 e. The zero-order chi connectivity index (χ0) is 17.8. The molecule has 1 fully saturated rings. The molecule has 0 unspecified atom stereocenters. The highest BCUT2D eigenvalue weighted by Crippen LogP contribution is 2.30. The number of hydrogen-bond acceptors (Lipinski definition) is 5. The smallest absolute Gasteiger partial charge is 0.316 e. The topological polar surface area (TPSA) is 65.1 Å². The van der Waals surface area contributed by atoms with Gasteiger partial charge in [0.25, 0.3) is 0 Å². The zero-order valence-corrected chi connectivity index (χ0v) is 14.1. The van der Waals surface area contributed by atoms with Crippen molar-refractivity contribution in [1.82, 2.24) is 0 Å². The molecule has 0 radical (unpaired) electrons. The van der Waals surface area contributed by atoms with E-state index < -0.39 is 11.9 Å². The molecule has 1 amide bonds. The second-order valence-electron chi connectivity index (χ2n) is 5.68. The van der Waals surface area contributed by atoms with Crippen molar-refractivity contribution in [1.29, 1.82) is 0 Å². The van der Waals surface area contributed by atoms with Gasteiger partial charge in [0.1, 0.15) is 5.75 Å². The van der Waals surface area contributed by atoms with E-state index in [2.05, 4.69) is 0 Å². The number of rotatable bonds is 5. The van der Waals surface area contributed by atoms with Gasteiger partial charge < -0.3 is 19.1 Å². The van der Waals surface area contributed by atoms with Crippen LogP contribution in [-0.4, -0.2) is 32.6 Å². The molecule has 0 aliphatic carbocycles. The number of carbonyl (C=O) groups is 2. The van der Waals surface area contributed by atoms with Gasteiger partial charge >= 0.3 is 5.97 Å². The van der Waals surface area contributed by atoms with Gasteiger partial charge in [0.2, 0.25) is 5.91 Å². The number of nitrogens with zero attached hydrogens (tertiary/aromatic N) is 1. The fourth-order valence-electron chi connectivity index (χ4n) is 2.77. The first-order valence-electron chi connectivity index (χ1n) is 7.91. The molecule has 0 saturated carbocycles. The Kier molecular flexibility index (Phi) is 4.88. The van der Waals surface area contributed by atoms with Crippen LogP contribution in [0, 0.1) is 5.92 Å². The quantitative estimate of drug-likeness (QED) is 0.618. The van der Waals surface area contributed by atoms with Crippen LogP contribution < -0.4 is 19.1 Å². The summed E-state index contributed by atoms with van der Waals surface area (Å²) in [6, 6.07) is 14.1. The molecule has 0 bridgehead atoms. The summed E-state index contributed by atoms with van der Waals surface area (Å²) in [5.41, 5.74) is 0.735. The van der Waals surface area contributed by atoms with Gasteiger partial charge in [0, 0.05) is 18.7 Å². The molecular weight excluding hydrogens is 322 g/mol. The van der Waals surface area contributed by atoms with E-state index in [0.29, 0.717) is 23.8 Å². The first-order chi connectivity index (χ1) is 12.1. The van der Waals surface area contributed by atoms with E-state index in [4.69, 9.17) is 14.2 Å². The highest BCUT2D eigenvalue weighted by molar-refractivity contribution is 5.99. The maximum atomic E-state index is 12.4. The van der Waals surface area contributed by atoms with Gasteiger partial charge in [0.15, 0.2) is 11.5 Å². The number of anilines is 1. The van der Waals surface area contributed by atoms with Crippen molar-refractivity contribution >= 4 is 17.6 Å². The molecule has 1 heterocycles. The first-order valence-corrected chi connectivity index (χ1v) is 7.91. The lowest BCUT2D eigenvalue weighted by molar-refractivity contribution is -0.139. The fourth-order valence-corrected chi connectivity index (χ4v) is 2.77. The lowest BCUT2D eigenvalue weighted by Crippen LogP contribution is -2.27. The average Bonchev–Trinajstić information content (AvgIpc) is 3.04. The second-order valence-corrected chi connectivity index (χ2v) is 5.68. The van der Waals surface area contributed by atoms with Crippen molar-refractivity contribution < 1.29 is 23.8 Å². The molecule has 2 aromatic carbocycles. The van der Waals surface area contributed by atoms with Gasteiger partial charge in [-0.3, -0.25) is 9.59 Å². The van der Waals surface area contributed by atoms with Crippen molar-refractivity contribution in [3.8, 4) is 17.2 Å². The molecule has 1 aliphatic heterocycles. The normalized spacial score (nSPS) is 16.6. The van der Waals surface area contributed by atoms with Crippen molar-refractivity contribution in [2.75, 3.05) is 25.7 Å². The molecule has 130 valence electrons. The van der Waals surface area contributed by atoms with E-state index in [1.54, 1.807) is 60.5 Å². The van der Waals surface area contributed by atoms with Crippen LogP contribution in [0.2, 0.25) is 0 Å². The average molecular weight is 341 g/mol. The monoisotopic (exact) mass is 341 g/mol. The summed E-state index contributed by atoms with van der Waals surface area (Å²) < 4.78 is 15.7. The Bertz CT molecular complexity index is 772. The Morgan fingerprint density at radius 2 is 1.68 bits per heavy atom. The van der Waals surface area contributed by atoms with Crippen LogP contribution in [0.4, 0.5) is 5.69 Å². The van der Waals surface area contributed by atoms with Crippen LogP contribution >= 0.6 is 0 Å². The summed E-state index contributed by atoms with van der Waals surface area (Å²) in [5.74, 6) is 0.487. The molecular formula is C19H19NO5. The lowest BCUT2D eigenvalue weighted by atomic mass is 10.1. The SMILES string of the molecule is COc1ccc(N2C[C@@H](C(=O)Oc3ccccc3OC)CC2=O)cc1. The third-order valence-electron chi connectivity index (χ3n) is 4.12. The Balaban J connectivity index is 1.70. The number of amides is 1. The van der Waals surface area contributed by atoms with Gasteiger partial charge in [-0.2, -0.15) is 0 Å². The molecule has 25 heavy (non-hydrogen) atoms. The summed E-state index contributed by atoms with van der Waals surface area (Å²) in [5, 5.41) is 0. The van der Waals surface area contributed by atoms with Crippen LogP contribution in [0.25, 0.3) is 0 Å². The second kappa shape index (κ2) is 7.25. The third-order valence-corrected chi connectivity index (χ3v) is 4.12. The Labute approximate surface area is 145 Å². The number of carbonyl (C=O) groups excluding carboxylic acids is 2. The maximum Gasteiger partial charge on any atom is 0.316 e. The Morgan fingerprint density at radius 1 is 1.00 bits per heavy atom. The maximum absolute atomic E-state index is 12.4. The van der Waals surface area contributed by atoms with Crippen molar-refractivity contribution in [2.24, 2.45) is 5.92 Å². The summed E-state index contributed by atoms with van der Waals surface area (Å²) in [6.45, 7) is 0.291. The molecule has 3 rings (SSSR count). The molecule has 0 N–H and O–H groups in total. The van der Waals surface area contributed by atoms with Gasteiger partial charge in [-0.05, 0) is 36.4 Å². The van der Waals surface area contributed by atoms with Gasteiger partial charge in [0.05, 0.1) is 20.1 Å². The van der Waals surface area contributed by atoms with Gasteiger partial charge in [-0.1, -0.05) is 12.1 Å². The molecule has 6 heteroatoms. The highest BCUT2D eigenvalue weighted by atomic mass is 16.6. The first kappa shape index (κ1) is 16.8. The molecule has 1 saturated heterocycles. The van der Waals surface area contributed by atoms with E-state index in [-0.39, 0.29) is 12.3 Å². The van der Waals surface area contributed by atoms with Crippen LogP contribution in [-0.2, 0) is 9.59 Å². The highest BCUT2D eigenvalue weighted by Gasteiger charge is 2.36. The molecule has 6 nitrogen and oxygen atoms in total. The van der Waals surface area contributed by atoms with E-state index in [1.165, 1.54) is 7.11 Å². The third kappa shape index (κ3) is 3.57. The molecule has 1 aliphatic rings. The molecule has 2 aromatic rings. The van der Waals surface area contributed by atoms with Crippen molar-refractivity contribution in [2.45, 2.75) is 6.42 Å². The predicted octanol–water partition coefficient (Wildman–Crippen LogP) is 2.66. The summed E-state index contributed by atoms with van der Waals surface area (Å²) in [7, 11) is 3.09. The lowest BCUT2D eigenvalue weighted by Gasteiger charge is -2.17. The van der Waals surface area contributed by atoms with Crippen molar-refractivity contribution in [3.05, 3.63) is 48.5 Å². The standard InChI is InChI=1S/C19H19NO5/c1-23-15-9-7-14(8-10-15)20-12-13(11-18(20)21)19(22)25-17-6-4-3-5-16(17)24-2/h3-10,13H,11-12H2,1-2H3/t13-/m0/s1. The Morgan fingerprint density at radius 3 is 2.32 bits per heavy atom. The fraction of sp³-hybridized carbons (Fsp3) is 0.263. The predicted molar refractivity (Wildman–Crippen MR) is 92.1 cm³/mol. The van der Waals surface area contributed by atoms with E-state index in [0.717, 1.165) is 5.69 Å². The van der Waals surface area contributed by atoms with Gasteiger partial charge in [-0.15, -0.1) is 0 Å². The van der Waals surface area contributed by atoms with Gasteiger partial charge in [-0.25, -0.2) is 0 Å². The number of para-hydroxylation sites is 2. The van der Waals surface area contributed by atoms with Crippen molar-refractivity contribution in [3.63, 3.8) is 0 Å². The number of esters is 1. The summed E-state index contributed by atoms with van der Waals surface area (Å²) in [4.78, 5) is 26.3.